The maximum Gasteiger partial charge on any atom is 0.163 e. The molecule has 0 aliphatic heterocycles. The van der Waals surface area contributed by atoms with Crippen molar-refractivity contribution in [3.8, 4) is 11.5 Å². The third-order valence-corrected chi connectivity index (χ3v) is 2.67. The fourth-order valence-electron chi connectivity index (χ4n) is 1.73. The molecule has 0 radical (unpaired) electrons. The van der Waals surface area contributed by atoms with Crippen LogP contribution in [0, 0.1) is 5.82 Å². The number of hydrogen-bond acceptors (Lipinski definition) is 3. The molecular weight excluding hydrogens is 259 g/mol. The van der Waals surface area contributed by atoms with E-state index < -0.39 is 5.82 Å². The van der Waals surface area contributed by atoms with Crippen molar-refractivity contribution < 1.29 is 18.7 Å². The molecule has 0 amide bonds. The zero-order valence-corrected chi connectivity index (χ0v) is 11.1. The van der Waals surface area contributed by atoms with E-state index in [2.05, 4.69) is 0 Å². The highest BCUT2D eigenvalue weighted by Crippen LogP contribution is 2.20. The molecule has 104 valence electrons. The van der Waals surface area contributed by atoms with Crippen LogP contribution in [0.2, 0.25) is 0 Å². The Morgan fingerprint density at radius 2 is 1.75 bits per heavy atom. The highest BCUT2D eigenvalue weighted by atomic mass is 19.1. The van der Waals surface area contributed by atoms with Crippen molar-refractivity contribution >= 4 is 5.78 Å². The number of ketones is 1. The first-order valence-electron chi connectivity index (χ1n) is 6.28. The van der Waals surface area contributed by atoms with Crippen LogP contribution in [-0.2, 0) is 0 Å². The zero-order chi connectivity index (χ0) is 14.4. The Morgan fingerprint density at radius 3 is 2.45 bits per heavy atom. The summed E-state index contributed by atoms with van der Waals surface area (Å²) in [6.45, 7) is 2.00. The molecule has 0 fully saturated rings. The summed E-state index contributed by atoms with van der Waals surface area (Å²) >= 11 is 0. The third-order valence-electron chi connectivity index (χ3n) is 2.67. The fourth-order valence-corrected chi connectivity index (χ4v) is 1.73. The maximum atomic E-state index is 13.1. The summed E-state index contributed by atoms with van der Waals surface area (Å²) in [4.78, 5) is 11.4. The monoisotopic (exact) mass is 274 g/mol. The van der Waals surface area contributed by atoms with E-state index in [1.165, 1.54) is 25.1 Å². The fraction of sp³-hybridized carbons (Fsp3) is 0.188. The minimum atomic E-state index is -0.455. The molecule has 0 spiro atoms. The quantitative estimate of drug-likeness (QED) is 0.597. The van der Waals surface area contributed by atoms with E-state index in [9.17, 15) is 9.18 Å². The van der Waals surface area contributed by atoms with Gasteiger partial charge in [0.1, 0.15) is 30.5 Å². The van der Waals surface area contributed by atoms with Crippen molar-refractivity contribution in [1.29, 1.82) is 0 Å². The van der Waals surface area contributed by atoms with Gasteiger partial charge in [-0.25, -0.2) is 4.39 Å². The topological polar surface area (TPSA) is 35.5 Å². The lowest BCUT2D eigenvalue weighted by atomic mass is 10.1. The summed E-state index contributed by atoms with van der Waals surface area (Å²) in [5.74, 6) is 0.434. The molecule has 0 aromatic heterocycles. The van der Waals surface area contributed by atoms with Gasteiger partial charge in [0, 0.05) is 0 Å². The molecule has 0 aliphatic carbocycles. The Balaban J connectivity index is 1.90. The first-order chi connectivity index (χ1) is 9.66. The van der Waals surface area contributed by atoms with E-state index in [-0.39, 0.29) is 18.0 Å². The molecule has 0 N–H and O–H groups in total. The predicted molar refractivity (Wildman–Crippen MR) is 73.8 cm³/mol. The first-order valence-corrected chi connectivity index (χ1v) is 6.28. The lowest BCUT2D eigenvalue weighted by Gasteiger charge is -2.10. The largest absolute Gasteiger partial charge is 0.490 e. The van der Waals surface area contributed by atoms with Crippen LogP contribution in [0.3, 0.4) is 0 Å². The van der Waals surface area contributed by atoms with Crippen LogP contribution in [0.15, 0.2) is 48.5 Å². The van der Waals surface area contributed by atoms with E-state index in [1.54, 1.807) is 0 Å². The number of Topliss-reactive ketones (excluding diaryl/α,β-unsaturated/α-hetero) is 1. The summed E-state index contributed by atoms with van der Waals surface area (Å²) in [7, 11) is 0. The number of hydrogen-bond donors (Lipinski definition) is 0. The van der Waals surface area contributed by atoms with E-state index in [4.69, 9.17) is 9.47 Å². The summed E-state index contributed by atoms with van der Waals surface area (Å²) in [6, 6.07) is 13.2. The van der Waals surface area contributed by atoms with Crippen molar-refractivity contribution in [3.05, 3.63) is 59.9 Å². The molecule has 0 aliphatic rings. The highest BCUT2D eigenvalue weighted by Gasteiger charge is 2.09. The summed E-state index contributed by atoms with van der Waals surface area (Å²) in [6.07, 6.45) is 0. The molecule has 4 heteroatoms. The van der Waals surface area contributed by atoms with Crippen LogP contribution in [-0.4, -0.2) is 19.0 Å². The number of para-hydroxylation sites is 1. The molecule has 2 aromatic carbocycles. The number of carbonyl (C=O) groups is 1. The number of carbonyl (C=O) groups excluding carboxylic acids is 1. The van der Waals surface area contributed by atoms with Crippen molar-refractivity contribution in [3.63, 3.8) is 0 Å². The number of rotatable bonds is 6. The second-order valence-electron chi connectivity index (χ2n) is 4.21. The van der Waals surface area contributed by atoms with Crippen LogP contribution in [0.4, 0.5) is 4.39 Å². The molecule has 0 atom stereocenters. The van der Waals surface area contributed by atoms with Gasteiger partial charge in [-0.3, -0.25) is 4.79 Å². The van der Waals surface area contributed by atoms with E-state index in [0.717, 1.165) is 5.75 Å². The van der Waals surface area contributed by atoms with Crippen LogP contribution >= 0.6 is 0 Å². The zero-order valence-electron chi connectivity index (χ0n) is 11.1. The average Bonchev–Trinajstić information content (AvgIpc) is 2.45. The van der Waals surface area contributed by atoms with Crippen LogP contribution in [0.25, 0.3) is 0 Å². The Kier molecular flexibility index (Phi) is 4.71. The van der Waals surface area contributed by atoms with Gasteiger partial charge < -0.3 is 9.47 Å². The smallest absolute Gasteiger partial charge is 0.163 e. The number of benzene rings is 2. The van der Waals surface area contributed by atoms with Crippen LogP contribution in [0.1, 0.15) is 17.3 Å². The summed E-state index contributed by atoms with van der Waals surface area (Å²) in [5, 5.41) is 0. The highest BCUT2D eigenvalue weighted by molar-refractivity contribution is 5.96. The van der Waals surface area contributed by atoms with E-state index in [1.807, 2.05) is 30.3 Å². The molecule has 0 unspecified atom stereocenters. The first kappa shape index (κ1) is 14.1. The molecule has 0 saturated heterocycles. The van der Waals surface area contributed by atoms with Crippen molar-refractivity contribution in [1.82, 2.24) is 0 Å². The van der Waals surface area contributed by atoms with Crippen molar-refractivity contribution in [2.24, 2.45) is 0 Å². The Bertz CT molecular complexity index is 582. The van der Waals surface area contributed by atoms with Gasteiger partial charge in [0.25, 0.3) is 0 Å². The number of ether oxygens (including phenoxy) is 2. The minimum Gasteiger partial charge on any atom is -0.490 e. The van der Waals surface area contributed by atoms with Gasteiger partial charge in [0.2, 0.25) is 0 Å². The molecule has 0 bridgehead atoms. The number of halogens is 1. The van der Waals surface area contributed by atoms with Crippen LogP contribution in [0.5, 0.6) is 11.5 Å². The minimum absolute atomic E-state index is 0.233. The van der Waals surface area contributed by atoms with Gasteiger partial charge >= 0.3 is 0 Å². The molecule has 2 aromatic rings. The summed E-state index contributed by atoms with van der Waals surface area (Å²) < 4.78 is 24.0. The molecule has 0 saturated carbocycles. The molecular formula is C16H15FO3. The Morgan fingerprint density at radius 1 is 1.05 bits per heavy atom. The molecule has 0 heterocycles. The van der Waals surface area contributed by atoms with E-state index in [0.29, 0.717) is 12.4 Å². The maximum absolute atomic E-state index is 13.1. The molecule has 20 heavy (non-hydrogen) atoms. The van der Waals surface area contributed by atoms with Gasteiger partial charge in [-0.1, -0.05) is 18.2 Å². The molecule has 3 nitrogen and oxygen atoms in total. The van der Waals surface area contributed by atoms with Gasteiger partial charge in [-0.15, -0.1) is 0 Å². The van der Waals surface area contributed by atoms with Gasteiger partial charge in [-0.05, 0) is 37.3 Å². The Hall–Kier alpha value is -2.36. The third kappa shape index (κ3) is 3.82. The van der Waals surface area contributed by atoms with E-state index >= 15 is 0 Å². The van der Waals surface area contributed by atoms with Crippen molar-refractivity contribution in [2.75, 3.05) is 13.2 Å². The second kappa shape index (κ2) is 6.70. The lowest BCUT2D eigenvalue weighted by molar-refractivity contribution is 0.101. The normalized spacial score (nSPS) is 10.1. The van der Waals surface area contributed by atoms with Crippen molar-refractivity contribution in [2.45, 2.75) is 6.92 Å². The van der Waals surface area contributed by atoms with Gasteiger partial charge in [0.05, 0.1) is 5.56 Å². The SMILES string of the molecule is CC(=O)c1cc(F)ccc1OCCOc1ccccc1. The Labute approximate surface area is 117 Å². The lowest BCUT2D eigenvalue weighted by Crippen LogP contribution is -2.11. The average molecular weight is 274 g/mol. The van der Waals surface area contributed by atoms with Gasteiger partial charge in [-0.2, -0.15) is 0 Å². The molecule has 2 rings (SSSR count). The van der Waals surface area contributed by atoms with Gasteiger partial charge in [0.15, 0.2) is 5.78 Å². The van der Waals surface area contributed by atoms with Crippen LogP contribution < -0.4 is 9.47 Å². The second-order valence-corrected chi connectivity index (χ2v) is 4.21. The predicted octanol–water partition coefficient (Wildman–Crippen LogP) is 3.49. The summed E-state index contributed by atoms with van der Waals surface area (Å²) in [5.41, 5.74) is 0.240. The standard InChI is InChI=1S/C16H15FO3/c1-12(18)15-11-13(17)7-8-16(15)20-10-9-19-14-5-3-2-4-6-14/h2-8,11H,9-10H2,1H3.